The lowest BCUT2D eigenvalue weighted by atomic mass is 10.1. The summed E-state index contributed by atoms with van der Waals surface area (Å²) in [7, 11) is 0. The largest absolute Gasteiger partial charge is 0.370 e. The van der Waals surface area contributed by atoms with E-state index in [2.05, 4.69) is 47.7 Å². The zero-order chi connectivity index (χ0) is 39.9. The highest BCUT2D eigenvalue weighted by Gasteiger charge is 2.22. The van der Waals surface area contributed by atoms with Crippen molar-refractivity contribution in [3.63, 3.8) is 0 Å². The molecule has 0 radical (unpaired) electrons. The van der Waals surface area contributed by atoms with E-state index in [1.807, 2.05) is 0 Å². The van der Waals surface area contributed by atoms with Gasteiger partial charge in [0.2, 0.25) is 0 Å². The topological polar surface area (TPSA) is 175 Å². The first kappa shape index (κ1) is 47.5. The Balaban J connectivity index is 1.39. The van der Waals surface area contributed by atoms with Gasteiger partial charge < -0.3 is 43.0 Å². The molecule has 0 aliphatic heterocycles. The molecule has 3 fully saturated rings. The number of nitrogens with two attached hydrogens (primary N) is 3. The van der Waals surface area contributed by atoms with Gasteiger partial charge >= 0.3 is 6.03 Å². The molecule has 9 N–H and O–H groups in total. The highest BCUT2D eigenvalue weighted by atomic mass is 16.2. The van der Waals surface area contributed by atoms with Crippen LogP contribution in [0, 0.1) is 17.8 Å². The average Bonchev–Trinajstić information content (AvgIpc) is 4.04. The number of carbonyl (C=O) groups is 1. The first-order valence-electron chi connectivity index (χ1n) is 23.6. The summed E-state index contributed by atoms with van der Waals surface area (Å²) in [5.41, 5.74) is 18.1. The fourth-order valence-electron chi connectivity index (χ4n) is 6.99. The van der Waals surface area contributed by atoms with Gasteiger partial charge in [0, 0.05) is 65.4 Å². The molecule has 0 unspecified atom stereocenters. The predicted octanol–water partition coefficient (Wildman–Crippen LogP) is 7.48. The van der Waals surface area contributed by atoms with Crippen LogP contribution in [0.2, 0.25) is 0 Å². The van der Waals surface area contributed by atoms with E-state index in [1.165, 1.54) is 96.3 Å². The van der Waals surface area contributed by atoms with Gasteiger partial charge in [0.1, 0.15) is 0 Å². The van der Waals surface area contributed by atoms with Crippen molar-refractivity contribution in [2.75, 3.05) is 65.4 Å². The summed E-state index contributed by atoms with van der Waals surface area (Å²) < 4.78 is 0. The van der Waals surface area contributed by atoms with Gasteiger partial charge in [-0.3, -0.25) is 15.0 Å². The van der Waals surface area contributed by atoms with Gasteiger partial charge in [-0.1, -0.05) is 90.4 Å². The molecule has 0 saturated heterocycles. The maximum Gasteiger partial charge on any atom is 0.319 e. The van der Waals surface area contributed by atoms with E-state index < -0.39 is 0 Å². The second-order valence-corrected chi connectivity index (χ2v) is 17.3. The Hall–Kier alpha value is -2.92. The van der Waals surface area contributed by atoms with Gasteiger partial charge in [0.25, 0.3) is 0 Å². The van der Waals surface area contributed by atoms with E-state index in [9.17, 15) is 4.79 Å². The predicted molar refractivity (Wildman–Crippen MR) is 238 cm³/mol. The number of carbonyl (C=O) groups excluding carboxylic acids is 1. The van der Waals surface area contributed by atoms with Crippen LogP contribution in [0.5, 0.6) is 0 Å². The SMILES string of the molecule is CCCCCCCCN(CCCCCCCCNC(N)=NCC1CC1)C(=O)N(CCCCCCNC(N)=NCC1CC1)CCCCCCNC(N)=NCC1CC1. The third kappa shape index (κ3) is 26.8. The maximum absolute atomic E-state index is 14.3. The molecule has 3 aliphatic carbocycles. The second kappa shape index (κ2) is 31.1. The molecule has 0 atom stereocenters. The van der Waals surface area contributed by atoms with Gasteiger partial charge in [0.15, 0.2) is 17.9 Å². The lowest BCUT2D eigenvalue weighted by Crippen LogP contribution is -2.45. The number of amides is 2. The zero-order valence-electron chi connectivity index (χ0n) is 36.1. The van der Waals surface area contributed by atoms with E-state index >= 15 is 0 Å². The summed E-state index contributed by atoms with van der Waals surface area (Å²) in [5.74, 6) is 4.06. The standard InChI is InChI=1S/C44H87N11O/c1-2-3-4-5-11-18-31-54(32-19-12-7-6-8-15-28-48-41(45)51-35-38-22-23-38)44(56)55(33-20-13-9-16-29-49-42(46)52-36-39-24-25-39)34-21-14-10-17-30-50-43(47)53-37-40-26-27-40/h38-40H,2-37H2,1H3,(H3,45,48,51)(H3,46,49,52)(H3,47,50,53). The third-order valence-electron chi connectivity index (χ3n) is 11.5. The van der Waals surface area contributed by atoms with Gasteiger partial charge in [-0.15, -0.1) is 0 Å². The summed E-state index contributed by atoms with van der Waals surface area (Å²) in [6.45, 7) is 10.9. The molecule has 12 heteroatoms. The van der Waals surface area contributed by atoms with E-state index in [0.29, 0.717) is 17.9 Å². The zero-order valence-corrected chi connectivity index (χ0v) is 36.1. The van der Waals surface area contributed by atoms with Crippen LogP contribution < -0.4 is 33.2 Å². The minimum Gasteiger partial charge on any atom is -0.370 e. The monoisotopic (exact) mass is 786 g/mol. The fraction of sp³-hybridized carbons (Fsp3) is 0.909. The molecule has 0 aromatic heterocycles. The van der Waals surface area contributed by atoms with Crippen LogP contribution >= 0.6 is 0 Å². The molecule has 56 heavy (non-hydrogen) atoms. The number of unbranched alkanes of at least 4 members (excludes halogenated alkanes) is 16. The van der Waals surface area contributed by atoms with Crippen molar-refractivity contribution in [2.24, 2.45) is 49.9 Å². The number of rotatable bonds is 36. The quantitative estimate of drug-likeness (QED) is 0.0217. The molecular weight excluding hydrogens is 699 g/mol. The number of nitrogens with one attached hydrogen (secondary N) is 3. The smallest absolute Gasteiger partial charge is 0.319 e. The summed E-state index contributed by atoms with van der Waals surface area (Å²) in [6, 6.07) is 0.258. The van der Waals surface area contributed by atoms with Crippen LogP contribution in [0.1, 0.15) is 174 Å². The average molecular weight is 786 g/mol. The molecule has 324 valence electrons. The minimum absolute atomic E-state index is 0.258. The fourth-order valence-corrected chi connectivity index (χ4v) is 6.99. The lowest BCUT2D eigenvalue weighted by Gasteiger charge is -2.31. The Morgan fingerprint density at radius 2 is 0.714 bits per heavy atom. The molecule has 3 rings (SSSR count). The molecule has 0 heterocycles. The van der Waals surface area contributed by atoms with Crippen molar-refractivity contribution in [3.05, 3.63) is 0 Å². The van der Waals surface area contributed by atoms with Gasteiger partial charge in [-0.25, -0.2) is 4.79 Å². The maximum atomic E-state index is 14.3. The van der Waals surface area contributed by atoms with Crippen molar-refractivity contribution in [1.82, 2.24) is 25.8 Å². The Bertz CT molecular complexity index is 1040. The molecule has 12 nitrogen and oxygen atoms in total. The normalized spacial score (nSPS) is 16.3. The van der Waals surface area contributed by atoms with Crippen LogP contribution in [-0.4, -0.2) is 99.2 Å². The Morgan fingerprint density at radius 3 is 1.00 bits per heavy atom. The van der Waals surface area contributed by atoms with Crippen LogP contribution in [0.4, 0.5) is 4.79 Å². The molecule has 0 aromatic rings. The summed E-state index contributed by atoms with van der Waals surface area (Å²) in [6.07, 6.45) is 31.0. The van der Waals surface area contributed by atoms with E-state index in [4.69, 9.17) is 17.2 Å². The van der Waals surface area contributed by atoms with Crippen molar-refractivity contribution in [1.29, 1.82) is 0 Å². The number of nitrogens with zero attached hydrogens (tertiary/aromatic N) is 5. The summed E-state index contributed by atoms with van der Waals surface area (Å²) in [5, 5.41) is 9.84. The summed E-state index contributed by atoms with van der Waals surface area (Å²) >= 11 is 0. The van der Waals surface area contributed by atoms with Crippen LogP contribution in [0.15, 0.2) is 15.0 Å². The lowest BCUT2D eigenvalue weighted by molar-refractivity contribution is 0.148. The Labute approximate surface area is 342 Å². The highest BCUT2D eigenvalue weighted by molar-refractivity contribution is 5.78. The Morgan fingerprint density at radius 1 is 0.446 bits per heavy atom. The van der Waals surface area contributed by atoms with Crippen molar-refractivity contribution in [2.45, 2.75) is 174 Å². The van der Waals surface area contributed by atoms with Gasteiger partial charge in [-0.2, -0.15) is 0 Å². The molecular formula is C44H87N11O. The van der Waals surface area contributed by atoms with Gasteiger partial charge in [-0.05, 0) is 101 Å². The van der Waals surface area contributed by atoms with Gasteiger partial charge in [0.05, 0.1) is 0 Å². The van der Waals surface area contributed by atoms with Crippen molar-refractivity contribution in [3.8, 4) is 0 Å². The first-order chi connectivity index (χ1) is 27.4. The molecule has 2 amide bonds. The van der Waals surface area contributed by atoms with Crippen LogP contribution in [-0.2, 0) is 0 Å². The molecule has 3 saturated carbocycles. The van der Waals surface area contributed by atoms with Crippen molar-refractivity contribution < 1.29 is 4.79 Å². The van der Waals surface area contributed by atoms with E-state index in [-0.39, 0.29) is 6.03 Å². The third-order valence-corrected chi connectivity index (χ3v) is 11.5. The number of hydrogen-bond acceptors (Lipinski definition) is 4. The van der Waals surface area contributed by atoms with Crippen LogP contribution in [0.25, 0.3) is 0 Å². The van der Waals surface area contributed by atoms with E-state index in [1.54, 1.807) is 0 Å². The van der Waals surface area contributed by atoms with Crippen LogP contribution in [0.3, 0.4) is 0 Å². The molecule has 0 spiro atoms. The molecule has 0 aromatic carbocycles. The molecule has 3 aliphatic rings. The Kier molecular flexibility index (Phi) is 26.4. The number of guanidine groups is 3. The second-order valence-electron chi connectivity index (χ2n) is 17.3. The van der Waals surface area contributed by atoms with E-state index in [0.717, 1.165) is 154 Å². The first-order valence-corrected chi connectivity index (χ1v) is 23.6. The molecule has 0 bridgehead atoms. The number of aliphatic imine (C=N–C) groups is 3. The highest BCUT2D eigenvalue weighted by Crippen LogP contribution is 2.29. The number of hydrogen-bond donors (Lipinski definition) is 6. The summed E-state index contributed by atoms with van der Waals surface area (Å²) in [4.78, 5) is 32.0. The number of urea groups is 1. The minimum atomic E-state index is 0.258. The van der Waals surface area contributed by atoms with Crippen molar-refractivity contribution >= 4 is 23.9 Å².